The fraction of sp³-hybridized carbons (Fsp3) is 0.190. The number of hydrogen-bond donors (Lipinski definition) is 2. The van der Waals surface area contributed by atoms with Crippen molar-refractivity contribution in [3.8, 4) is 0 Å². The number of thioether (sulfide) groups is 1. The number of ether oxygens (including phenoxy) is 2. The summed E-state index contributed by atoms with van der Waals surface area (Å²) in [4.78, 5) is 16.5. The van der Waals surface area contributed by atoms with E-state index in [1.54, 1.807) is 42.7 Å². The molecule has 0 bridgehead atoms. The van der Waals surface area contributed by atoms with E-state index in [1.807, 2.05) is 0 Å². The number of nitrogens with two attached hydrogens (primary N) is 2. The molecule has 12 heteroatoms. The first-order valence-electron chi connectivity index (χ1n) is 9.32. The number of hydrazone groups is 1. The molecule has 9 nitrogen and oxygen atoms in total. The van der Waals surface area contributed by atoms with Gasteiger partial charge in [-0.3, -0.25) is 0 Å². The van der Waals surface area contributed by atoms with Crippen LogP contribution < -0.4 is 11.6 Å². The third-order valence-corrected chi connectivity index (χ3v) is 5.75. The second-order valence-electron chi connectivity index (χ2n) is 6.52. The van der Waals surface area contributed by atoms with E-state index in [0.29, 0.717) is 16.3 Å². The SMILES string of the molecule is CSCOC(=O)/C(N)=C/C(CO/C(=N\N)c1cccc(S(C)(=O)=O)c1)=Nc1ccccc1Cl. The quantitative estimate of drug-likeness (QED) is 0.0995. The Hall–Kier alpha value is -3.02. The second kappa shape index (κ2) is 12.3. The van der Waals surface area contributed by atoms with Crippen molar-refractivity contribution in [3.63, 3.8) is 0 Å². The summed E-state index contributed by atoms with van der Waals surface area (Å²) in [5.41, 5.74) is 6.65. The van der Waals surface area contributed by atoms with Crippen LogP contribution in [0.25, 0.3) is 0 Å². The maximum absolute atomic E-state index is 12.1. The van der Waals surface area contributed by atoms with Crippen molar-refractivity contribution in [2.45, 2.75) is 4.90 Å². The minimum Gasteiger partial charge on any atom is -0.470 e. The van der Waals surface area contributed by atoms with Crippen molar-refractivity contribution in [1.82, 2.24) is 0 Å². The highest BCUT2D eigenvalue weighted by molar-refractivity contribution is 7.98. The maximum Gasteiger partial charge on any atom is 0.355 e. The fourth-order valence-electron chi connectivity index (χ4n) is 2.43. The van der Waals surface area contributed by atoms with Gasteiger partial charge < -0.3 is 21.1 Å². The fourth-order valence-corrected chi connectivity index (χ4v) is 3.50. The van der Waals surface area contributed by atoms with E-state index in [2.05, 4.69) is 10.1 Å². The number of para-hydroxylation sites is 1. The summed E-state index contributed by atoms with van der Waals surface area (Å²) in [6.45, 7) is -0.207. The van der Waals surface area contributed by atoms with Gasteiger partial charge in [0.15, 0.2) is 9.84 Å². The molecule has 0 fully saturated rings. The van der Waals surface area contributed by atoms with Crippen LogP contribution in [0.2, 0.25) is 5.02 Å². The van der Waals surface area contributed by atoms with Gasteiger partial charge in [-0.1, -0.05) is 29.8 Å². The molecule has 0 saturated carbocycles. The summed E-state index contributed by atoms with van der Waals surface area (Å²) in [5.74, 6) is 4.85. The highest BCUT2D eigenvalue weighted by atomic mass is 35.5. The van der Waals surface area contributed by atoms with Gasteiger partial charge in [0.25, 0.3) is 0 Å². The maximum atomic E-state index is 12.1. The summed E-state index contributed by atoms with van der Waals surface area (Å²) in [6.07, 6.45) is 4.16. The van der Waals surface area contributed by atoms with E-state index >= 15 is 0 Å². The molecule has 0 spiro atoms. The van der Waals surface area contributed by atoms with Crippen molar-refractivity contribution in [2.24, 2.45) is 21.7 Å². The zero-order valence-electron chi connectivity index (χ0n) is 17.9. The van der Waals surface area contributed by atoms with Gasteiger partial charge in [-0.2, -0.15) is 0 Å². The van der Waals surface area contributed by atoms with Gasteiger partial charge in [-0.25, -0.2) is 18.2 Å². The van der Waals surface area contributed by atoms with Crippen LogP contribution in [0.15, 0.2) is 75.3 Å². The van der Waals surface area contributed by atoms with Crippen LogP contribution in [0.4, 0.5) is 5.69 Å². The predicted molar refractivity (Wildman–Crippen MR) is 132 cm³/mol. The lowest BCUT2D eigenvalue weighted by atomic mass is 10.2. The highest BCUT2D eigenvalue weighted by Crippen LogP contribution is 2.24. The molecule has 0 heterocycles. The largest absolute Gasteiger partial charge is 0.470 e. The molecule has 0 saturated heterocycles. The number of esters is 1. The monoisotopic (exact) mass is 510 g/mol. The summed E-state index contributed by atoms with van der Waals surface area (Å²) in [7, 11) is -3.45. The highest BCUT2D eigenvalue weighted by Gasteiger charge is 2.14. The first kappa shape index (κ1) is 26.2. The first-order chi connectivity index (χ1) is 15.7. The number of aliphatic imine (C=N–C) groups is 1. The summed E-state index contributed by atoms with van der Waals surface area (Å²) >= 11 is 7.50. The van der Waals surface area contributed by atoms with Crippen molar-refractivity contribution >= 4 is 56.5 Å². The Morgan fingerprint density at radius 1 is 1.18 bits per heavy atom. The molecule has 0 radical (unpaired) electrons. The lowest BCUT2D eigenvalue weighted by Crippen LogP contribution is -2.20. The van der Waals surface area contributed by atoms with Gasteiger partial charge >= 0.3 is 5.97 Å². The number of carbonyl (C=O) groups is 1. The first-order valence-corrected chi connectivity index (χ1v) is 13.0. The topological polar surface area (TPSA) is 146 Å². The van der Waals surface area contributed by atoms with E-state index < -0.39 is 15.8 Å². The van der Waals surface area contributed by atoms with Crippen molar-refractivity contribution in [2.75, 3.05) is 25.1 Å². The Morgan fingerprint density at radius 3 is 2.55 bits per heavy atom. The molecule has 4 N–H and O–H groups in total. The molecule has 0 aliphatic rings. The summed E-state index contributed by atoms with van der Waals surface area (Å²) < 4.78 is 34.4. The molecule has 2 rings (SSSR count). The average molecular weight is 511 g/mol. The van der Waals surface area contributed by atoms with Crippen LogP contribution in [0.3, 0.4) is 0 Å². The number of sulfone groups is 1. The number of benzene rings is 2. The van der Waals surface area contributed by atoms with Crippen LogP contribution in [0.5, 0.6) is 0 Å². The average Bonchev–Trinajstić information content (AvgIpc) is 2.78. The van der Waals surface area contributed by atoms with E-state index in [-0.39, 0.29) is 34.7 Å². The van der Waals surface area contributed by atoms with E-state index in [4.69, 9.17) is 32.7 Å². The molecular weight excluding hydrogens is 488 g/mol. The molecule has 33 heavy (non-hydrogen) atoms. The van der Waals surface area contributed by atoms with Gasteiger partial charge in [-0.05, 0) is 42.7 Å². The van der Waals surface area contributed by atoms with Crippen LogP contribution >= 0.6 is 23.4 Å². The van der Waals surface area contributed by atoms with Crippen LogP contribution in [-0.2, 0) is 24.1 Å². The summed E-state index contributed by atoms with van der Waals surface area (Å²) in [5, 5.41) is 3.98. The Balaban J connectivity index is 2.34. The van der Waals surface area contributed by atoms with Crippen LogP contribution in [0.1, 0.15) is 5.56 Å². The number of rotatable bonds is 9. The standard InChI is InChI=1S/C21H23ClN4O5S2/c1-32-13-31-21(27)18(23)11-15(25-19-9-4-3-8-17(19)22)12-30-20(26-24)14-6-5-7-16(10-14)33(2,28)29/h3-11H,12-13,23-24H2,1-2H3/b18-11-,25-15?,26-20-. The predicted octanol–water partition coefficient (Wildman–Crippen LogP) is 2.86. The van der Waals surface area contributed by atoms with Gasteiger partial charge in [0.2, 0.25) is 5.90 Å². The van der Waals surface area contributed by atoms with Crippen LogP contribution in [-0.4, -0.2) is 51.1 Å². The zero-order chi connectivity index (χ0) is 24.4. The molecule has 0 amide bonds. The van der Waals surface area contributed by atoms with Gasteiger partial charge in [-0.15, -0.1) is 16.9 Å². The Morgan fingerprint density at radius 2 is 1.91 bits per heavy atom. The number of halogens is 1. The molecule has 0 unspecified atom stereocenters. The number of nitrogens with zero attached hydrogens (tertiary/aromatic N) is 2. The van der Waals surface area contributed by atoms with Gasteiger partial charge in [0.1, 0.15) is 18.2 Å². The summed E-state index contributed by atoms with van der Waals surface area (Å²) in [6, 6.07) is 12.8. The Kier molecular flexibility index (Phi) is 9.76. The smallest absolute Gasteiger partial charge is 0.355 e. The molecule has 0 atom stereocenters. The molecular formula is C21H23ClN4O5S2. The van der Waals surface area contributed by atoms with Crippen molar-refractivity contribution in [3.05, 3.63) is 70.9 Å². The Labute approximate surface area is 201 Å². The molecule has 2 aromatic rings. The van der Waals surface area contributed by atoms with Gasteiger partial charge in [0.05, 0.1) is 21.3 Å². The van der Waals surface area contributed by atoms with Crippen LogP contribution in [0, 0.1) is 0 Å². The van der Waals surface area contributed by atoms with Crippen molar-refractivity contribution in [1.29, 1.82) is 0 Å². The van der Waals surface area contributed by atoms with Gasteiger partial charge in [0, 0.05) is 11.8 Å². The number of hydrogen-bond acceptors (Lipinski definition) is 10. The molecule has 176 valence electrons. The third-order valence-electron chi connectivity index (χ3n) is 3.97. The molecule has 2 aromatic carbocycles. The molecule has 0 aliphatic carbocycles. The second-order valence-corrected chi connectivity index (χ2v) is 9.75. The zero-order valence-corrected chi connectivity index (χ0v) is 20.3. The van der Waals surface area contributed by atoms with E-state index in [1.165, 1.54) is 30.0 Å². The minimum absolute atomic E-state index is 0.0377. The van der Waals surface area contributed by atoms with Crippen molar-refractivity contribution < 1.29 is 22.7 Å². The normalized spacial score (nSPS) is 13.0. The Bertz CT molecular complexity index is 1200. The van der Waals surface area contributed by atoms with E-state index in [0.717, 1.165) is 6.26 Å². The lowest BCUT2D eigenvalue weighted by molar-refractivity contribution is -0.136. The molecule has 0 aliphatic heterocycles. The van der Waals surface area contributed by atoms with E-state index in [9.17, 15) is 13.2 Å². The minimum atomic E-state index is -3.45. The molecule has 0 aromatic heterocycles. The lowest BCUT2D eigenvalue weighted by Gasteiger charge is -2.11. The number of carbonyl (C=O) groups excluding carboxylic acids is 1. The third kappa shape index (κ3) is 8.12.